The van der Waals surface area contributed by atoms with Gasteiger partial charge in [-0.05, 0) is 48.8 Å². The van der Waals surface area contributed by atoms with Crippen molar-refractivity contribution in [3.63, 3.8) is 0 Å². The number of likely N-dealkylation sites (N-methyl/N-ethyl adjacent to an activating group) is 1. The Morgan fingerprint density at radius 2 is 1.49 bits per heavy atom. The summed E-state index contributed by atoms with van der Waals surface area (Å²) in [5, 5.41) is 5.81. The maximum Gasteiger partial charge on any atom is 0.329 e. The third-order valence-electron chi connectivity index (χ3n) is 8.81. The van der Waals surface area contributed by atoms with Crippen molar-refractivity contribution in [1.29, 1.82) is 0 Å². The molecule has 0 aliphatic carbocycles. The van der Waals surface area contributed by atoms with Gasteiger partial charge < -0.3 is 25.0 Å². The van der Waals surface area contributed by atoms with E-state index in [0.717, 1.165) is 16.7 Å². The maximum absolute atomic E-state index is 14.0. The highest BCUT2D eigenvalue weighted by Gasteiger charge is 2.35. The molecule has 1 heterocycles. The van der Waals surface area contributed by atoms with Gasteiger partial charge in [-0.15, -0.1) is 0 Å². The van der Waals surface area contributed by atoms with Gasteiger partial charge in [0.25, 0.3) is 0 Å². The van der Waals surface area contributed by atoms with Crippen LogP contribution in [0, 0.1) is 11.8 Å². The highest BCUT2D eigenvalue weighted by molar-refractivity contribution is 5.98. The molecule has 0 radical (unpaired) electrons. The lowest BCUT2D eigenvalue weighted by Gasteiger charge is -2.32. The maximum atomic E-state index is 14.0. The standard InChI is InChI=1S/C40H53N3O6/c1-26(2)35-40(47)49-34(31-20-13-10-14-21-31)22-16-15-17-28(5)33(48-8)24-23-29(6)39(46)43(7)36(27(3)4)38(45)41-32(37(44)42-35)25-30-18-11-9-12-19-30/h9-21,23,26-27,32-36H,22,24-25H2,1-8H3,(H,41,45)(H,42,44)/b16-15+,28-17-,29-23+/t32-,33-,34+,35+,36+/m1/s1. The van der Waals surface area contributed by atoms with E-state index in [1.165, 1.54) is 4.90 Å². The first kappa shape index (κ1) is 38.9. The summed E-state index contributed by atoms with van der Waals surface area (Å²) in [7, 11) is 3.23. The zero-order chi connectivity index (χ0) is 36.1. The summed E-state index contributed by atoms with van der Waals surface area (Å²) in [5.74, 6) is -2.42. The van der Waals surface area contributed by atoms with Gasteiger partial charge in [0.05, 0.1) is 6.10 Å². The lowest BCUT2D eigenvalue weighted by Crippen LogP contribution is -2.58. The quantitative estimate of drug-likeness (QED) is 0.371. The van der Waals surface area contributed by atoms with Crippen LogP contribution in [-0.2, 0) is 35.1 Å². The Balaban J connectivity index is 2.08. The number of carbonyl (C=O) groups excluding carboxylic acids is 4. The Hall–Kier alpha value is -4.50. The molecule has 9 nitrogen and oxygen atoms in total. The smallest absolute Gasteiger partial charge is 0.329 e. The summed E-state index contributed by atoms with van der Waals surface area (Å²) >= 11 is 0. The number of nitrogens with one attached hydrogen (secondary N) is 2. The molecule has 1 aliphatic rings. The number of rotatable bonds is 6. The fraction of sp³-hybridized carbons (Fsp3) is 0.450. The lowest BCUT2D eigenvalue weighted by atomic mass is 9.98. The molecular formula is C40H53N3O6. The Bertz CT molecular complexity index is 1500. The van der Waals surface area contributed by atoms with Crippen LogP contribution in [0.25, 0.3) is 0 Å². The van der Waals surface area contributed by atoms with Gasteiger partial charge in [-0.2, -0.15) is 0 Å². The average Bonchev–Trinajstić information content (AvgIpc) is 3.07. The molecule has 264 valence electrons. The van der Waals surface area contributed by atoms with Crippen molar-refractivity contribution in [3.8, 4) is 0 Å². The second-order valence-corrected chi connectivity index (χ2v) is 13.3. The first-order valence-corrected chi connectivity index (χ1v) is 17.0. The number of esters is 1. The van der Waals surface area contributed by atoms with E-state index in [0.29, 0.717) is 18.4 Å². The molecule has 0 saturated carbocycles. The Labute approximate surface area is 291 Å². The molecule has 0 bridgehead atoms. The van der Waals surface area contributed by atoms with E-state index in [4.69, 9.17) is 9.47 Å². The second kappa shape index (κ2) is 18.9. The van der Waals surface area contributed by atoms with E-state index in [-0.39, 0.29) is 30.3 Å². The summed E-state index contributed by atoms with van der Waals surface area (Å²) in [5.41, 5.74) is 3.09. The first-order valence-electron chi connectivity index (χ1n) is 17.0. The molecule has 3 rings (SSSR count). The van der Waals surface area contributed by atoms with Gasteiger partial charge in [0.2, 0.25) is 17.7 Å². The van der Waals surface area contributed by atoms with Crippen LogP contribution in [0.15, 0.2) is 96.1 Å². The largest absolute Gasteiger partial charge is 0.456 e. The lowest BCUT2D eigenvalue weighted by molar-refractivity contribution is -0.155. The van der Waals surface area contributed by atoms with E-state index < -0.39 is 42.0 Å². The monoisotopic (exact) mass is 671 g/mol. The molecule has 2 aromatic carbocycles. The third kappa shape index (κ3) is 11.3. The number of benzene rings is 2. The predicted molar refractivity (Wildman–Crippen MR) is 192 cm³/mol. The molecule has 49 heavy (non-hydrogen) atoms. The van der Waals surface area contributed by atoms with Gasteiger partial charge in [-0.1, -0.05) is 113 Å². The van der Waals surface area contributed by atoms with E-state index in [1.807, 2.05) is 120 Å². The average molecular weight is 672 g/mol. The van der Waals surface area contributed by atoms with E-state index in [9.17, 15) is 19.2 Å². The summed E-state index contributed by atoms with van der Waals surface area (Å²) in [6, 6.07) is 16.0. The van der Waals surface area contributed by atoms with Gasteiger partial charge in [0.15, 0.2) is 0 Å². The van der Waals surface area contributed by atoms with Crippen LogP contribution in [0.1, 0.15) is 71.6 Å². The van der Waals surface area contributed by atoms with Crippen LogP contribution in [0.2, 0.25) is 0 Å². The summed E-state index contributed by atoms with van der Waals surface area (Å²) < 4.78 is 11.8. The minimum Gasteiger partial charge on any atom is -0.456 e. The minimum atomic E-state index is -1.02. The number of carbonyl (C=O) groups is 4. The molecule has 0 saturated heterocycles. The highest BCUT2D eigenvalue weighted by Crippen LogP contribution is 2.24. The van der Waals surface area contributed by atoms with Crippen molar-refractivity contribution >= 4 is 23.7 Å². The summed E-state index contributed by atoms with van der Waals surface area (Å²) in [6.45, 7) is 11.1. The van der Waals surface area contributed by atoms with Crippen molar-refractivity contribution in [2.45, 2.75) is 91.1 Å². The van der Waals surface area contributed by atoms with Crippen LogP contribution in [-0.4, -0.2) is 67.0 Å². The Kier molecular flexibility index (Phi) is 15.0. The van der Waals surface area contributed by atoms with E-state index in [1.54, 1.807) is 21.1 Å². The molecule has 1 aliphatic heterocycles. The SMILES string of the molecule is CO[C@@H]1C/C=C(\C)C(=O)N(C)[C@@H](C(C)C)C(=O)N[C@H](Cc2ccccc2)C(=O)N[C@@H](C(C)C)C(=O)O[C@H](c2ccccc2)C/C=C/C=C\1C. The minimum absolute atomic E-state index is 0.182. The second-order valence-electron chi connectivity index (χ2n) is 13.3. The third-order valence-corrected chi connectivity index (χ3v) is 8.81. The van der Waals surface area contributed by atoms with Crippen molar-refractivity contribution in [2.24, 2.45) is 11.8 Å². The van der Waals surface area contributed by atoms with Crippen LogP contribution >= 0.6 is 0 Å². The number of cyclic esters (lactones) is 1. The van der Waals surface area contributed by atoms with Crippen molar-refractivity contribution in [1.82, 2.24) is 15.5 Å². The number of hydrogen-bond donors (Lipinski definition) is 2. The van der Waals surface area contributed by atoms with Gasteiger partial charge in [0, 0.05) is 32.6 Å². The Morgan fingerprint density at radius 3 is 2.08 bits per heavy atom. The van der Waals surface area contributed by atoms with E-state index >= 15 is 0 Å². The van der Waals surface area contributed by atoms with Gasteiger partial charge in [-0.3, -0.25) is 14.4 Å². The molecule has 3 amide bonds. The Morgan fingerprint density at radius 1 is 0.857 bits per heavy atom. The number of amides is 3. The number of allylic oxidation sites excluding steroid dienone is 2. The van der Waals surface area contributed by atoms with Crippen LogP contribution < -0.4 is 10.6 Å². The number of hydrogen-bond acceptors (Lipinski definition) is 6. The molecule has 5 atom stereocenters. The number of nitrogens with zero attached hydrogens (tertiary/aromatic N) is 1. The van der Waals surface area contributed by atoms with Gasteiger partial charge in [-0.25, -0.2) is 4.79 Å². The fourth-order valence-corrected chi connectivity index (χ4v) is 5.90. The van der Waals surface area contributed by atoms with Crippen LogP contribution in [0.4, 0.5) is 0 Å². The van der Waals surface area contributed by atoms with Crippen LogP contribution in [0.5, 0.6) is 0 Å². The highest BCUT2D eigenvalue weighted by atomic mass is 16.5. The zero-order valence-electron chi connectivity index (χ0n) is 30.1. The molecule has 2 aromatic rings. The molecule has 0 aromatic heterocycles. The van der Waals surface area contributed by atoms with Crippen LogP contribution in [0.3, 0.4) is 0 Å². The molecular weight excluding hydrogens is 618 g/mol. The normalized spacial score (nSPS) is 26.8. The molecule has 0 spiro atoms. The zero-order valence-corrected chi connectivity index (χ0v) is 30.1. The topological polar surface area (TPSA) is 114 Å². The summed E-state index contributed by atoms with van der Waals surface area (Å²) in [4.78, 5) is 56.8. The molecule has 0 fully saturated rings. The molecule has 0 unspecified atom stereocenters. The number of ether oxygens (including phenoxy) is 2. The van der Waals surface area contributed by atoms with Crippen molar-refractivity contribution in [2.75, 3.05) is 14.2 Å². The fourth-order valence-electron chi connectivity index (χ4n) is 5.90. The van der Waals surface area contributed by atoms with E-state index in [2.05, 4.69) is 10.6 Å². The predicted octanol–water partition coefficient (Wildman–Crippen LogP) is 5.88. The van der Waals surface area contributed by atoms with Crippen molar-refractivity contribution < 1.29 is 28.7 Å². The first-order chi connectivity index (χ1) is 23.3. The summed E-state index contributed by atoms with van der Waals surface area (Å²) in [6.07, 6.45) is 7.78. The van der Waals surface area contributed by atoms with Gasteiger partial charge in [0.1, 0.15) is 24.2 Å². The number of methoxy groups -OCH3 is 1. The van der Waals surface area contributed by atoms with Gasteiger partial charge >= 0.3 is 5.97 Å². The molecule has 9 heteroatoms. The van der Waals surface area contributed by atoms with Crippen molar-refractivity contribution in [3.05, 3.63) is 107 Å². The molecule has 2 N–H and O–H groups in total.